The van der Waals surface area contributed by atoms with Crippen LogP contribution in [0.3, 0.4) is 0 Å². The SMILES string of the molecule is C[S@@](=O)c1ccccc1C(=O)OCC(=O)Nc1ccc2ccccc2c1. The van der Waals surface area contributed by atoms with Gasteiger partial charge in [-0.05, 0) is 35.0 Å². The van der Waals surface area contributed by atoms with Gasteiger partial charge in [0.2, 0.25) is 0 Å². The first kappa shape index (κ1) is 17.8. The molecule has 3 rings (SSSR count). The number of hydrogen-bond donors (Lipinski definition) is 1. The topological polar surface area (TPSA) is 72.5 Å². The second kappa shape index (κ2) is 7.93. The van der Waals surface area contributed by atoms with E-state index in [0.717, 1.165) is 10.8 Å². The Labute approximate surface area is 153 Å². The lowest BCUT2D eigenvalue weighted by Gasteiger charge is -2.09. The summed E-state index contributed by atoms with van der Waals surface area (Å²) < 4.78 is 16.7. The molecule has 3 aromatic rings. The van der Waals surface area contributed by atoms with Gasteiger partial charge >= 0.3 is 5.97 Å². The largest absolute Gasteiger partial charge is 0.452 e. The summed E-state index contributed by atoms with van der Waals surface area (Å²) >= 11 is 0. The van der Waals surface area contributed by atoms with Crippen molar-refractivity contribution < 1.29 is 18.5 Å². The Bertz CT molecular complexity index is 1000. The molecule has 0 spiro atoms. The van der Waals surface area contributed by atoms with Crippen LogP contribution in [0.15, 0.2) is 71.6 Å². The number of carbonyl (C=O) groups excluding carboxylic acids is 2. The molecule has 0 radical (unpaired) electrons. The molecule has 0 aliphatic rings. The van der Waals surface area contributed by atoms with E-state index in [1.165, 1.54) is 12.3 Å². The highest BCUT2D eigenvalue weighted by atomic mass is 32.2. The predicted octanol–water partition coefficient (Wildman–Crippen LogP) is 3.37. The van der Waals surface area contributed by atoms with Crippen molar-refractivity contribution in [3.8, 4) is 0 Å². The van der Waals surface area contributed by atoms with Crippen molar-refractivity contribution in [1.82, 2.24) is 0 Å². The summed E-state index contributed by atoms with van der Waals surface area (Å²) in [6.45, 7) is -0.420. The van der Waals surface area contributed by atoms with Crippen molar-refractivity contribution in [2.45, 2.75) is 4.90 Å². The number of fused-ring (bicyclic) bond motifs is 1. The molecule has 6 heteroatoms. The monoisotopic (exact) mass is 367 g/mol. The van der Waals surface area contributed by atoms with E-state index >= 15 is 0 Å². The minimum Gasteiger partial charge on any atom is -0.452 e. The van der Waals surface area contributed by atoms with Crippen molar-refractivity contribution in [3.63, 3.8) is 0 Å². The van der Waals surface area contributed by atoms with Crippen LogP contribution in [0.25, 0.3) is 10.8 Å². The zero-order valence-electron chi connectivity index (χ0n) is 14.1. The third-order valence-electron chi connectivity index (χ3n) is 3.78. The number of benzene rings is 3. The molecule has 0 unspecified atom stereocenters. The fourth-order valence-corrected chi connectivity index (χ4v) is 3.29. The minimum atomic E-state index is -1.32. The van der Waals surface area contributed by atoms with Crippen LogP contribution < -0.4 is 5.32 Å². The van der Waals surface area contributed by atoms with E-state index in [1.807, 2.05) is 36.4 Å². The number of hydrogen-bond acceptors (Lipinski definition) is 4. The molecule has 0 aromatic heterocycles. The summed E-state index contributed by atoms with van der Waals surface area (Å²) in [5.74, 6) is -1.12. The normalized spacial score (nSPS) is 11.7. The van der Waals surface area contributed by atoms with Gasteiger partial charge in [-0.3, -0.25) is 9.00 Å². The van der Waals surface area contributed by atoms with Gasteiger partial charge in [-0.25, -0.2) is 4.79 Å². The predicted molar refractivity (Wildman–Crippen MR) is 102 cm³/mol. The Kier molecular flexibility index (Phi) is 5.43. The van der Waals surface area contributed by atoms with E-state index in [-0.39, 0.29) is 5.56 Å². The van der Waals surface area contributed by atoms with Crippen LogP contribution in [0.5, 0.6) is 0 Å². The molecule has 0 fully saturated rings. The second-order valence-electron chi connectivity index (χ2n) is 5.64. The smallest absolute Gasteiger partial charge is 0.339 e. The van der Waals surface area contributed by atoms with E-state index in [2.05, 4.69) is 5.32 Å². The summed E-state index contributed by atoms with van der Waals surface area (Å²) in [6, 6.07) is 19.8. The van der Waals surface area contributed by atoms with Crippen molar-refractivity contribution in [2.24, 2.45) is 0 Å². The first-order chi connectivity index (χ1) is 12.5. The van der Waals surface area contributed by atoms with Crippen molar-refractivity contribution in [1.29, 1.82) is 0 Å². The van der Waals surface area contributed by atoms with Crippen LogP contribution in [0, 0.1) is 0 Å². The van der Waals surface area contributed by atoms with E-state index in [0.29, 0.717) is 10.6 Å². The van der Waals surface area contributed by atoms with E-state index in [9.17, 15) is 13.8 Å². The molecule has 0 heterocycles. The van der Waals surface area contributed by atoms with Gasteiger partial charge in [0.15, 0.2) is 6.61 Å². The Morgan fingerprint density at radius 1 is 0.962 bits per heavy atom. The quantitative estimate of drug-likeness (QED) is 0.702. The number of amides is 1. The summed E-state index contributed by atoms with van der Waals surface area (Å²) in [4.78, 5) is 24.6. The van der Waals surface area contributed by atoms with Gasteiger partial charge in [-0.1, -0.05) is 42.5 Å². The Morgan fingerprint density at radius 2 is 1.65 bits per heavy atom. The molecule has 0 saturated heterocycles. The number of anilines is 1. The van der Waals surface area contributed by atoms with E-state index in [4.69, 9.17) is 4.74 Å². The second-order valence-corrected chi connectivity index (χ2v) is 6.98. The van der Waals surface area contributed by atoms with Crippen molar-refractivity contribution >= 4 is 39.1 Å². The lowest BCUT2D eigenvalue weighted by atomic mass is 10.1. The molecule has 1 amide bonds. The van der Waals surface area contributed by atoms with Gasteiger partial charge < -0.3 is 10.1 Å². The molecule has 0 bridgehead atoms. The first-order valence-electron chi connectivity index (χ1n) is 7.93. The van der Waals surface area contributed by atoms with Crippen LogP contribution >= 0.6 is 0 Å². The molecular formula is C20H17NO4S. The van der Waals surface area contributed by atoms with E-state index in [1.54, 1.807) is 24.3 Å². The highest BCUT2D eigenvalue weighted by Crippen LogP contribution is 2.19. The highest BCUT2D eigenvalue weighted by molar-refractivity contribution is 7.84. The fraction of sp³-hybridized carbons (Fsp3) is 0.100. The summed E-state index contributed by atoms with van der Waals surface area (Å²) in [7, 11) is -1.32. The van der Waals surface area contributed by atoms with Gasteiger partial charge in [0, 0.05) is 11.9 Å². The van der Waals surface area contributed by atoms with Crippen LogP contribution in [-0.4, -0.2) is 28.9 Å². The molecule has 0 aliphatic carbocycles. The maximum Gasteiger partial charge on any atom is 0.339 e. The average molecular weight is 367 g/mol. The number of carbonyl (C=O) groups is 2. The molecule has 132 valence electrons. The number of ether oxygens (including phenoxy) is 1. The molecule has 1 N–H and O–H groups in total. The van der Waals surface area contributed by atoms with Crippen LogP contribution in [0.2, 0.25) is 0 Å². The number of esters is 1. The number of rotatable bonds is 5. The summed E-state index contributed by atoms with van der Waals surface area (Å²) in [5.41, 5.74) is 0.826. The van der Waals surface area contributed by atoms with Gasteiger partial charge in [0.05, 0.1) is 21.3 Å². The first-order valence-corrected chi connectivity index (χ1v) is 9.48. The Morgan fingerprint density at radius 3 is 2.42 bits per heavy atom. The summed E-state index contributed by atoms with van der Waals surface area (Å²) in [6.07, 6.45) is 1.48. The van der Waals surface area contributed by atoms with Gasteiger partial charge in [-0.2, -0.15) is 0 Å². The zero-order chi connectivity index (χ0) is 18.5. The Hall–Kier alpha value is -2.99. The van der Waals surface area contributed by atoms with E-state index < -0.39 is 29.3 Å². The average Bonchev–Trinajstić information content (AvgIpc) is 2.66. The fourth-order valence-electron chi connectivity index (χ4n) is 2.56. The standard InChI is InChI=1S/C20H17NO4S/c1-26(24)18-9-5-4-8-17(18)20(23)25-13-19(22)21-16-11-10-14-6-2-3-7-15(14)12-16/h2-12H,13H2,1H3,(H,21,22)/t26-/m1/s1. The molecule has 0 aliphatic heterocycles. The third-order valence-corrected chi connectivity index (χ3v) is 4.76. The zero-order valence-corrected chi connectivity index (χ0v) is 14.9. The third kappa shape index (κ3) is 4.15. The molecule has 26 heavy (non-hydrogen) atoms. The molecule has 1 atom stereocenters. The lowest BCUT2D eigenvalue weighted by molar-refractivity contribution is -0.119. The molecule has 3 aromatic carbocycles. The van der Waals surface area contributed by atoms with Crippen LogP contribution in [0.4, 0.5) is 5.69 Å². The highest BCUT2D eigenvalue weighted by Gasteiger charge is 2.16. The lowest BCUT2D eigenvalue weighted by Crippen LogP contribution is -2.21. The van der Waals surface area contributed by atoms with Crippen LogP contribution in [-0.2, 0) is 20.3 Å². The van der Waals surface area contributed by atoms with Gasteiger partial charge in [0.25, 0.3) is 5.91 Å². The molecule has 5 nitrogen and oxygen atoms in total. The van der Waals surface area contributed by atoms with Crippen molar-refractivity contribution in [2.75, 3.05) is 18.2 Å². The molecule has 0 saturated carbocycles. The summed E-state index contributed by atoms with van der Waals surface area (Å²) in [5, 5.41) is 4.77. The van der Waals surface area contributed by atoms with Crippen molar-refractivity contribution in [3.05, 3.63) is 72.3 Å². The molecular weight excluding hydrogens is 350 g/mol. The maximum absolute atomic E-state index is 12.2. The van der Waals surface area contributed by atoms with Gasteiger partial charge in [-0.15, -0.1) is 0 Å². The number of nitrogens with one attached hydrogen (secondary N) is 1. The minimum absolute atomic E-state index is 0.201. The van der Waals surface area contributed by atoms with Crippen LogP contribution in [0.1, 0.15) is 10.4 Å². The maximum atomic E-state index is 12.2. The van der Waals surface area contributed by atoms with Gasteiger partial charge in [0.1, 0.15) is 0 Å². The Balaban J connectivity index is 1.63.